The number of rotatable bonds is 1. The van der Waals surface area contributed by atoms with Crippen molar-refractivity contribution in [2.24, 2.45) is 0 Å². The fourth-order valence-electron chi connectivity index (χ4n) is 2.84. The molecule has 0 aromatic heterocycles. The normalized spacial score (nSPS) is 16.0. The van der Waals surface area contributed by atoms with Crippen molar-refractivity contribution in [3.63, 3.8) is 0 Å². The second kappa shape index (κ2) is 4.92. The van der Waals surface area contributed by atoms with Crippen LogP contribution in [-0.2, 0) is 0 Å². The number of aryl methyl sites for hydroxylation is 1. The molecule has 0 unspecified atom stereocenters. The van der Waals surface area contributed by atoms with Crippen LogP contribution in [0.15, 0.2) is 48.5 Å². The van der Waals surface area contributed by atoms with E-state index in [1.54, 1.807) is 0 Å². The Balaban J connectivity index is 2.06. The molecule has 0 spiro atoms. The van der Waals surface area contributed by atoms with Gasteiger partial charge in [-0.25, -0.2) is 0 Å². The molecule has 0 atom stereocenters. The van der Waals surface area contributed by atoms with Crippen LogP contribution >= 0.6 is 0 Å². The van der Waals surface area contributed by atoms with E-state index in [1.165, 1.54) is 0 Å². The number of anilines is 2. The Kier molecular flexibility index (Phi) is 3.20. The van der Waals surface area contributed by atoms with Crippen LogP contribution < -0.4 is 10.2 Å². The first-order chi connectivity index (χ1) is 9.98. The summed E-state index contributed by atoms with van der Waals surface area (Å²) in [6.07, 6.45) is 0. The van der Waals surface area contributed by atoms with Crippen LogP contribution in [0.25, 0.3) is 0 Å². The molecule has 0 fully saturated rings. The van der Waals surface area contributed by atoms with Crippen molar-refractivity contribution in [1.29, 1.82) is 0 Å². The SMILES string of the molecule is Cc1ccccc1C(=O)N1CC(C)(C)Nc2ccccc21. The zero-order valence-electron chi connectivity index (χ0n) is 12.7. The molecular weight excluding hydrogens is 260 g/mol. The van der Waals surface area contributed by atoms with Crippen molar-refractivity contribution in [2.45, 2.75) is 26.3 Å². The van der Waals surface area contributed by atoms with Gasteiger partial charge in [-0.2, -0.15) is 0 Å². The first-order valence-corrected chi connectivity index (χ1v) is 7.23. The molecule has 1 heterocycles. The molecule has 1 aliphatic rings. The van der Waals surface area contributed by atoms with E-state index in [9.17, 15) is 4.79 Å². The molecule has 0 saturated carbocycles. The van der Waals surface area contributed by atoms with E-state index in [0.29, 0.717) is 6.54 Å². The van der Waals surface area contributed by atoms with Gasteiger partial charge in [0.25, 0.3) is 5.91 Å². The van der Waals surface area contributed by atoms with E-state index < -0.39 is 0 Å². The van der Waals surface area contributed by atoms with E-state index >= 15 is 0 Å². The second-order valence-electron chi connectivity index (χ2n) is 6.23. The summed E-state index contributed by atoms with van der Waals surface area (Å²) in [5.41, 5.74) is 3.59. The molecule has 3 rings (SSSR count). The van der Waals surface area contributed by atoms with Crippen LogP contribution in [0.3, 0.4) is 0 Å². The van der Waals surface area contributed by atoms with Gasteiger partial charge < -0.3 is 10.2 Å². The first-order valence-electron chi connectivity index (χ1n) is 7.23. The number of hydrogen-bond acceptors (Lipinski definition) is 2. The number of para-hydroxylation sites is 2. The van der Waals surface area contributed by atoms with Crippen LogP contribution in [0.5, 0.6) is 0 Å². The predicted octanol–water partition coefficient (Wildman–Crippen LogP) is 3.85. The van der Waals surface area contributed by atoms with Crippen molar-refractivity contribution < 1.29 is 4.79 Å². The summed E-state index contributed by atoms with van der Waals surface area (Å²) in [6, 6.07) is 15.7. The highest BCUT2D eigenvalue weighted by molar-refractivity contribution is 6.09. The molecular formula is C18H20N2O. The number of amides is 1. The molecule has 1 aliphatic heterocycles. The largest absolute Gasteiger partial charge is 0.377 e. The number of nitrogens with zero attached hydrogens (tertiary/aromatic N) is 1. The Bertz CT molecular complexity index is 691. The maximum Gasteiger partial charge on any atom is 0.258 e. The molecule has 3 nitrogen and oxygen atoms in total. The Labute approximate surface area is 125 Å². The van der Waals surface area contributed by atoms with E-state index in [-0.39, 0.29) is 11.4 Å². The van der Waals surface area contributed by atoms with Gasteiger partial charge in [0.1, 0.15) is 0 Å². The second-order valence-corrected chi connectivity index (χ2v) is 6.23. The molecule has 0 radical (unpaired) electrons. The third-order valence-electron chi connectivity index (χ3n) is 3.84. The van der Waals surface area contributed by atoms with Crippen molar-refractivity contribution in [1.82, 2.24) is 0 Å². The van der Waals surface area contributed by atoms with Crippen LogP contribution in [0.2, 0.25) is 0 Å². The van der Waals surface area contributed by atoms with Gasteiger partial charge in [-0.05, 0) is 44.5 Å². The average molecular weight is 280 g/mol. The number of nitrogens with one attached hydrogen (secondary N) is 1. The minimum Gasteiger partial charge on any atom is -0.377 e. The Hall–Kier alpha value is -2.29. The monoisotopic (exact) mass is 280 g/mol. The molecule has 0 bridgehead atoms. The molecule has 3 heteroatoms. The number of hydrogen-bond donors (Lipinski definition) is 1. The van der Waals surface area contributed by atoms with Crippen molar-refractivity contribution in [3.8, 4) is 0 Å². The summed E-state index contributed by atoms with van der Waals surface area (Å²) in [4.78, 5) is 14.9. The highest BCUT2D eigenvalue weighted by atomic mass is 16.2. The van der Waals surface area contributed by atoms with E-state index in [1.807, 2.05) is 60.4 Å². The summed E-state index contributed by atoms with van der Waals surface area (Å²) in [6.45, 7) is 6.85. The van der Waals surface area contributed by atoms with Crippen LogP contribution in [-0.4, -0.2) is 18.0 Å². The standard InChI is InChI=1S/C18H20N2O/c1-13-8-4-5-9-14(13)17(21)20-12-18(2,3)19-15-10-6-7-11-16(15)20/h4-11,19H,12H2,1-3H3. The fourth-order valence-corrected chi connectivity index (χ4v) is 2.84. The lowest BCUT2D eigenvalue weighted by Gasteiger charge is -2.41. The van der Waals surface area contributed by atoms with Crippen LogP contribution in [0.1, 0.15) is 29.8 Å². The zero-order chi connectivity index (χ0) is 15.0. The zero-order valence-corrected chi connectivity index (χ0v) is 12.7. The number of fused-ring (bicyclic) bond motifs is 1. The Morgan fingerprint density at radius 1 is 1.10 bits per heavy atom. The summed E-state index contributed by atoms with van der Waals surface area (Å²) >= 11 is 0. The van der Waals surface area contributed by atoms with Gasteiger partial charge in [0.05, 0.1) is 11.4 Å². The number of carbonyl (C=O) groups excluding carboxylic acids is 1. The summed E-state index contributed by atoms with van der Waals surface area (Å²) < 4.78 is 0. The van der Waals surface area contributed by atoms with Crippen molar-refractivity contribution in [3.05, 3.63) is 59.7 Å². The molecule has 1 N–H and O–H groups in total. The summed E-state index contributed by atoms with van der Waals surface area (Å²) in [5, 5.41) is 3.49. The molecule has 0 saturated heterocycles. The maximum atomic E-state index is 13.0. The van der Waals surface area contributed by atoms with Crippen LogP contribution in [0, 0.1) is 6.92 Å². The number of carbonyl (C=O) groups is 1. The van der Waals surface area contributed by atoms with Gasteiger partial charge >= 0.3 is 0 Å². The van der Waals surface area contributed by atoms with Crippen molar-refractivity contribution in [2.75, 3.05) is 16.8 Å². The average Bonchev–Trinajstić information content (AvgIpc) is 2.45. The van der Waals surface area contributed by atoms with Gasteiger partial charge in [-0.15, -0.1) is 0 Å². The number of benzene rings is 2. The van der Waals surface area contributed by atoms with Gasteiger partial charge in [-0.3, -0.25) is 4.79 Å². The van der Waals surface area contributed by atoms with E-state index in [4.69, 9.17) is 0 Å². The molecule has 21 heavy (non-hydrogen) atoms. The highest BCUT2D eigenvalue weighted by Crippen LogP contribution is 2.35. The molecule has 1 amide bonds. The van der Waals surface area contributed by atoms with E-state index in [2.05, 4.69) is 19.2 Å². The topological polar surface area (TPSA) is 32.3 Å². The smallest absolute Gasteiger partial charge is 0.258 e. The van der Waals surface area contributed by atoms with Crippen molar-refractivity contribution >= 4 is 17.3 Å². The summed E-state index contributed by atoms with van der Waals surface area (Å²) in [7, 11) is 0. The van der Waals surface area contributed by atoms with Gasteiger partial charge in [-0.1, -0.05) is 30.3 Å². The quantitative estimate of drug-likeness (QED) is 0.860. The first kappa shape index (κ1) is 13.7. The Morgan fingerprint density at radius 2 is 1.76 bits per heavy atom. The fraction of sp³-hybridized carbons (Fsp3) is 0.278. The maximum absolute atomic E-state index is 13.0. The van der Waals surface area contributed by atoms with Gasteiger partial charge in [0.15, 0.2) is 0 Å². The van der Waals surface area contributed by atoms with Gasteiger partial charge in [0, 0.05) is 17.6 Å². The predicted molar refractivity (Wildman–Crippen MR) is 87.0 cm³/mol. The third kappa shape index (κ3) is 2.51. The molecule has 2 aromatic carbocycles. The lowest BCUT2D eigenvalue weighted by Crippen LogP contribution is -2.50. The van der Waals surface area contributed by atoms with Crippen LogP contribution in [0.4, 0.5) is 11.4 Å². The molecule has 0 aliphatic carbocycles. The lowest BCUT2D eigenvalue weighted by molar-refractivity contribution is 0.0981. The molecule has 108 valence electrons. The Morgan fingerprint density at radius 3 is 2.52 bits per heavy atom. The highest BCUT2D eigenvalue weighted by Gasteiger charge is 2.33. The molecule has 2 aromatic rings. The van der Waals surface area contributed by atoms with E-state index in [0.717, 1.165) is 22.5 Å². The lowest BCUT2D eigenvalue weighted by atomic mass is 9.97. The third-order valence-corrected chi connectivity index (χ3v) is 3.84. The summed E-state index contributed by atoms with van der Waals surface area (Å²) in [5.74, 6) is 0.0649. The minimum atomic E-state index is -0.146. The minimum absolute atomic E-state index is 0.0649. The van der Waals surface area contributed by atoms with Gasteiger partial charge in [0.2, 0.25) is 0 Å².